The minimum absolute atomic E-state index is 0.207. The van der Waals surface area contributed by atoms with Gasteiger partial charge in [-0.05, 0) is 36.4 Å². The Labute approximate surface area is 171 Å². The lowest BCUT2D eigenvalue weighted by molar-refractivity contribution is 0.0926. The molecule has 146 valence electrons. The number of nitrogens with zero attached hydrogens (tertiary/aromatic N) is 3. The van der Waals surface area contributed by atoms with E-state index in [2.05, 4.69) is 10.3 Å². The predicted molar refractivity (Wildman–Crippen MR) is 113 cm³/mol. The topological polar surface area (TPSA) is 84.3 Å². The van der Waals surface area contributed by atoms with Crippen LogP contribution < -0.4 is 10.2 Å². The van der Waals surface area contributed by atoms with E-state index >= 15 is 0 Å². The largest absolute Gasteiger partial charge is 0.313 e. The number of benzene rings is 3. The fourth-order valence-corrected chi connectivity index (χ4v) is 3.69. The van der Waals surface area contributed by atoms with Crippen molar-refractivity contribution >= 4 is 40.4 Å². The van der Waals surface area contributed by atoms with Crippen molar-refractivity contribution in [1.82, 2.24) is 9.55 Å². The lowest BCUT2D eigenvalue weighted by Crippen LogP contribution is -2.31. The Hall–Kier alpha value is -4.26. The third-order valence-corrected chi connectivity index (χ3v) is 5.20. The molecule has 1 aliphatic heterocycles. The summed E-state index contributed by atoms with van der Waals surface area (Å²) in [7, 11) is 1.81. The first-order valence-corrected chi connectivity index (χ1v) is 9.36. The summed E-state index contributed by atoms with van der Waals surface area (Å²) in [6.45, 7) is 0. The van der Waals surface area contributed by atoms with Crippen LogP contribution in [0, 0.1) is 0 Å². The maximum Gasteiger partial charge on any atom is 0.266 e. The number of imidazole rings is 1. The first kappa shape index (κ1) is 17.8. The van der Waals surface area contributed by atoms with E-state index in [1.165, 1.54) is 0 Å². The molecule has 0 bridgehead atoms. The summed E-state index contributed by atoms with van der Waals surface area (Å²) in [6.07, 6.45) is 0. The van der Waals surface area contributed by atoms with Gasteiger partial charge >= 0.3 is 0 Å². The number of aromatic nitrogens is 2. The highest BCUT2D eigenvalue weighted by atomic mass is 16.2. The maximum atomic E-state index is 13.1. The zero-order chi connectivity index (χ0) is 20.8. The van der Waals surface area contributed by atoms with E-state index in [0.717, 1.165) is 15.9 Å². The molecule has 3 aromatic carbocycles. The number of amides is 3. The van der Waals surface area contributed by atoms with Gasteiger partial charge < -0.3 is 4.57 Å². The highest BCUT2D eigenvalue weighted by molar-refractivity contribution is 6.35. The van der Waals surface area contributed by atoms with Crippen molar-refractivity contribution in [2.75, 3.05) is 10.2 Å². The number of nitrogens with one attached hydrogen (secondary N) is 1. The van der Waals surface area contributed by atoms with Crippen LogP contribution in [0.4, 0.5) is 11.6 Å². The molecule has 0 saturated heterocycles. The molecule has 0 radical (unpaired) electrons. The summed E-state index contributed by atoms with van der Waals surface area (Å²) < 4.78 is 1.78. The van der Waals surface area contributed by atoms with E-state index in [1.807, 2.05) is 24.3 Å². The zero-order valence-electron chi connectivity index (χ0n) is 16.0. The maximum absolute atomic E-state index is 13.1. The summed E-state index contributed by atoms with van der Waals surface area (Å²) in [5.41, 5.74) is 2.73. The number of imide groups is 1. The van der Waals surface area contributed by atoms with E-state index in [0.29, 0.717) is 17.1 Å². The number of aryl methyl sites for hydroxylation is 1. The fourth-order valence-electron chi connectivity index (χ4n) is 3.69. The number of hydrogen-bond acceptors (Lipinski definition) is 4. The van der Waals surface area contributed by atoms with Gasteiger partial charge in [-0.2, -0.15) is 0 Å². The molecule has 3 amide bonds. The third-order valence-electron chi connectivity index (χ3n) is 5.20. The zero-order valence-corrected chi connectivity index (χ0v) is 16.0. The Morgan fingerprint density at radius 1 is 0.833 bits per heavy atom. The van der Waals surface area contributed by atoms with Crippen LogP contribution in [0.1, 0.15) is 31.1 Å². The van der Waals surface area contributed by atoms with Crippen LogP contribution >= 0.6 is 0 Å². The van der Waals surface area contributed by atoms with Gasteiger partial charge in [-0.3, -0.25) is 19.7 Å². The van der Waals surface area contributed by atoms with Gasteiger partial charge in [-0.15, -0.1) is 0 Å². The van der Waals surface area contributed by atoms with Crippen molar-refractivity contribution in [3.05, 3.63) is 89.5 Å². The van der Waals surface area contributed by atoms with E-state index in [4.69, 9.17) is 0 Å². The molecule has 7 nitrogen and oxygen atoms in total. The summed E-state index contributed by atoms with van der Waals surface area (Å²) >= 11 is 0. The number of hydrogen-bond donors (Lipinski definition) is 1. The summed E-state index contributed by atoms with van der Waals surface area (Å²) in [5, 5.41) is 2.79. The van der Waals surface area contributed by atoms with Gasteiger partial charge in [0.1, 0.15) is 0 Å². The summed E-state index contributed by atoms with van der Waals surface area (Å²) in [6, 6.07) is 20.7. The van der Waals surface area contributed by atoms with Crippen LogP contribution in [-0.2, 0) is 7.05 Å². The Kier molecular flexibility index (Phi) is 3.96. The van der Waals surface area contributed by atoms with E-state index in [1.54, 1.807) is 60.1 Å². The molecule has 0 spiro atoms. The molecule has 2 heterocycles. The van der Waals surface area contributed by atoms with Gasteiger partial charge in [0.15, 0.2) is 0 Å². The predicted octanol–water partition coefficient (Wildman–Crippen LogP) is 3.63. The second-order valence-electron chi connectivity index (χ2n) is 6.95. The number of carbonyl (C=O) groups excluding carboxylic acids is 3. The Bertz CT molecular complexity index is 1320. The molecule has 0 unspecified atom stereocenters. The average Bonchev–Trinajstić information content (AvgIpc) is 3.22. The van der Waals surface area contributed by atoms with Gasteiger partial charge in [0.2, 0.25) is 5.95 Å². The normalized spacial score (nSPS) is 13.0. The molecule has 1 aromatic heterocycles. The number of carbonyl (C=O) groups is 3. The minimum atomic E-state index is -0.458. The standard InChI is InChI=1S/C23H16N4O3/c1-26-19-13-7-5-11-17(19)24-23(26)25-20(28)16-10-4-6-12-18(16)27-21(29)14-8-2-3-9-15(14)22(27)30/h2-13H,1H3,(H,24,25,28). The monoisotopic (exact) mass is 396 g/mol. The number of anilines is 2. The Morgan fingerprint density at radius 2 is 1.43 bits per heavy atom. The highest BCUT2D eigenvalue weighted by Gasteiger charge is 2.38. The molecule has 30 heavy (non-hydrogen) atoms. The van der Waals surface area contributed by atoms with Crippen molar-refractivity contribution in [2.45, 2.75) is 0 Å². The van der Waals surface area contributed by atoms with Crippen LogP contribution in [0.2, 0.25) is 0 Å². The van der Waals surface area contributed by atoms with Crippen LogP contribution in [0.5, 0.6) is 0 Å². The van der Waals surface area contributed by atoms with E-state index in [-0.39, 0.29) is 11.3 Å². The molecule has 1 aliphatic rings. The SMILES string of the molecule is Cn1c(NC(=O)c2ccccc2N2C(=O)c3ccccc3C2=O)nc2ccccc21. The van der Waals surface area contributed by atoms with Gasteiger partial charge in [-0.25, -0.2) is 9.88 Å². The summed E-state index contributed by atoms with van der Waals surface area (Å²) in [5.74, 6) is -0.976. The molecule has 0 fully saturated rings. The number of rotatable bonds is 3. The van der Waals surface area contributed by atoms with Crippen LogP contribution in [0.25, 0.3) is 11.0 Å². The second kappa shape index (κ2) is 6.66. The van der Waals surface area contributed by atoms with Crippen LogP contribution in [0.3, 0.4) is 0 Å². The van der Waals surface area contributed by atoms with E-state index < -0.39 is 17.7 Å². The fraction of sp³-hybridized carbons (Fsp3) is 0.0435. The lowest BCUT2D eigenvalue weighted by Gasteiger charge is -2.17. The van der Waals surface area contributed by atoms with Crippen molar-refractivity contribution in [2.24, 2.45) is 7.05 Å². The molecule has 0 aliphatic carbocycles. The third kappa shape index (κ3) is 2.60. The van der Waals surface area contributed by atoms with Gasteiger partial charge in [0.05, 0.1) is 33.4 Å². The van der Waals surface area contributed by atoms with Crippen molar-refractivity contribution in [3.8, 4) is 0 Å². The quantitative estimate of drug-likeness (QED) is 0.536. The van der Waals surface area contributed by atoms with Crippen LogP contribution in [0.15, 0.2) is 72.8 Å². The molecule has 5 rings (SSSR count). The van der Waals surface area contributed by atoms with Gasteiger partial charge in [0.25, 0.3) is 17.7 Å². The average molecular weight is 396 g/mol. The highest BCUT2D eigenvalue weighted by Crippen LogP contribution is 2.31. The smallest absolute Gasteiger partial charge is 0.266 e. The molecular formula is C23H16N4O3. The van der Waals surface area contributed by atoms with Crippen molar-refractivity contribution in [3.63, 3.8) is 0 Å². The molecule has 0 saturated carbocycles. The van der Waals surface area contributed by atoms with Gasteiger partial charge in [0, 0.05) is 7.05 Å². The second-order valence-corrected chi connectivity index (χ2v) is 6.95. The number of fused-ring (bicyclic) bond motifs is 2. The first-order valence-electron chi connectivity index (χ1n) is 9.36. The summed E-state index contributed by atoms with van der Waals surface area (Å²) in [4.78, 5) is 44.3. The van der Waals surface area contributed by atoms with Crippen molar-refractivity contribution in [1.29, 1.82) is 0 Å². The first-order chi connectivity index (χ1) is 14.6. The molecule has 7 heteroatoms. The van der Waals surface area contributed by atoms with Gasteiger partial charge in [-0.1, -0.05) is 36.4 Å². The Balaban J connectivity index is 1.53. The van der Waals surface area contributed by atoms with E-state index in [9.17, 15) is 14.4 Å². The molecule has 4 aromatic rings. The molecular weight excluding hydrogens is 380 g/mol. The molecule has 0 atom stereocenters. The minimum Gasteiger partial charge on any atom is -0.313 e. The number of para-hydroxylation sites is 3. The Morgan fingerprint density at radius 3 is 2.13 bits per heavy atom. The lowest BCUT2D eigenvalue weighted by atomic mass is 10.1. The van der Waals surface area contributed by atoms with Crippen molar-refractivity contribution < 1.29 is 14.4 Å². The van der Waals surface area contributed by atoms with Crippen LogP contribution in [-0.4, -0.2) is 27.3 Å². The molecule has 1 N–H and O–H groups in total.